The number of H-pyrrole nitrogens is 1. The Balaban J connectivity index is 2.23. The highest BCUT2D eigenvalue weighted by molar-refractivity contribution is 5.89. The van der Waals surface area contributed by atoms with E-state index in [0.29, 0.717) is 21.4 Å². The molecule has 0 saturated carbocycles. The topological polar surface area (TPSA) is 79.2 Å². The van der Waals surface area contributed by atoms with E-state index in [2.05, 4.69) is 4.98 Å². The molecule has 3 N–H and O–H groups in total. The maximum atomic E-state index is 13.3. The molecule has 1 aromatic carbocycles. The number of fused-ring (bicyclic) bond motifs is 1. The van der Waals surface area contributed by atoms with Crippen molar-refractivity contribution >= 4 is 22.7 Å². The quantitative estimate of drug-likeness (QED) is 0.814. The predicted molar refractivity (Wildman–Crippen MR) is 78.4 cm³/mol. The first kappa shape index (κ1) is 17.8. The molecule has 1 heterocycles. The van der Waals surface area contributed by atoms with Crippen LogP contribution in [0.3, 0.4) is 0 Å². The first-order valence-electron chi connectivity index (χ1n) is 6.95. The molecule has 1 aromatic heterocycles. The summed E-state index contributed by atoms with van der Waals surface area (Å²) in [6, 6.07) is 1.58. The molecule has 9 heteroatoms. The number of aromatic nitrogens is 1. The molecule has 0 fully saturated rings. The number of amides is 2. The number of alkyl halides is 3. The summed E-state index contributed by atoms with van der Waals surface area (Å²) in [5, 5.41) is 0.412. The molecule has 2 aromatic rings. The Bertz CT molecular complexity index is 770. The fourth-order valence-electron chi connectivity index (χ4n) is 2.42. The Morgan fingerprint density at radius 3 is 2.58 bits per heavy atom. The fourth-order valence-corrected chi connectivity index (χ4v) is 2.42. The summed E-state index contributed by atoms with van der Waals surface area (Å²) >= 11 is 0. The minimum atomic E-state index is -4.79. The number of likely N-dealkylation sites (N-methyl/N-ethyl adjacent to an activating group) is 1. The number of nitrogens with zero attached hydrogens (tertiary/aromatic N) is 1. The summed E-state index contributed by atoms with van der Waals surface area (Å²) < 4.78 is 52.4. The molecule has 0 saturated heterocycles. The first-order valence-corrected chi connectivity index (χ1v) is 6.95. The van der Waals surface area contributed by atoms with Gasteiger partial charge < -0.3 is 15.6 Å². The Labute approximate surface area is 134 Å². The number of aromatic amines is 1. The van der Waals surface area contributed by atoms with Crippen LogP contribution in [-0.2, 0) is 16.0 Å². The van der Waals surface area contributed by atoms with Gasteiger partial charge in [-0.15, -0.1) is 0 Å². The minimum Gasteiger partial charge on any atom is -0.370 e. The largest absolute Gasteiger partial charge is 0.409 e. The Hall–Kier alpha value is -2.58. The van der Waals surface area contributed by atoms with Crippen molar-refractivity contribution < 1.29 is 27.2 Å². The van der Waals surface area contributed by atoms with E-state index in [-0.39, 0.29) is 6.42 Å². The van der Waals surface area contributed by atoms with Crippen LogP contribution in [0, 0.1) is 5.82 Å². The van der Waals surface area contributed by atoms with Crippen LogP contribution in [0.15, 0.2) is 24.4 Å². The predicted octanol–water partition coefficient (Wildman–Crippen LogP) is 2.11. The van der Waals surface area contributed by atoms with Crippen molar-refractivity contribution in [3.63, 3.8) is 0 Å². The van der Waals surface area contributed by atoms with E-state index in [9.17, 15) is 27.2 Å². The van der Waals surface area contributed by atoms with Crippen LogP contribution >= 0.6 is 0 Å². The van der Waals surface area contributed by atoms with E-state index in [0.717, 1.165) is 7.05 Å². The number of hydrogen-bond acceptors (Lipinski definition) is 2. The molecule has 0 radical (unpaired) electrons. The van der Waals surface area contributed by atoms with Crippen LogP contribution in [-0.4, -0.2) is 41.0 Å². The van der Waals surface area contributed by atoms with Gasteiger partial charge in [0.1, 0.15) is 11.9 Å². The smallest absolute Gasteiger partial charge is 0.370 e. The monoisotopic (exact) mass is 345 g/mol. The molecule has 1 unspecified atom stereocenters. The van der Waals surface area contributed by atoms with Crippen molar-refractivity contribution in [1.82, 2.24) is 9.88 Å². The second kappa shape index (κ2) is 6.50. The number of nitrogens with two attached hydrogens (primary N) is 1. The normalized spacial score (nSPS) is 13.0. The van der Waals surface area contributed by atoms with Crippen molar-refractivity contribution in [2.75, 3.05) is 7.05 Å². The lowest BCUT2D eigenvalue weighted by Gasteiger charge is -2.29. The minimum absolute atomic E-state index is 0.362. The van der Waals surface area contributed by atoms with Gasteiger partial charge in [-0.1, -0.05) is 0 Å². The van der Waals surface area contributed by atoms with Crippen LogP contribution in [0.1, 0.15) is 12.0 Å². The van der Waals surface area contributed by atoms with Gasteiger partial charge in [-0.2, -0.15) is 13.2 Å². The number of halogens is 4. The van der Waals surface area contributed by atoms with Gasteiger partial charge in [0.2, 0.25) is 11.8 Å². The molecule has 130 valence electrons. The van der Waals surface area contributed by atoms with Crippen LogP contribution in [0.2, 0.25) is 0 Å². The Morgan fingerprint density at radius 1 is 1.33 bits per heavy atom. The molecule has 0 aliphatic rings. The summed E-state index contributed by atoms with van der Waals surface area (Å²) in [6.07, 6.45) is -4.74. The Morgan fingerprint density at radius 2 is 2.00 bits per heavy atom. The molecular weight excluding hydrogens is 330 g/mol. The highest BCUT2D eigenvalue weighted by Gasteiger charge is 2.44. The SMILES string of the molecule is CN(C(=O)Cc1c[nH]c2ccc(F)cc12)C(CC(N)=O)C(F)(F)F. The summed E-state index contributed by atoms with van der Waals surface area (Å²) in [5.74, 6) is -2.54. The number of carbonyl (C=O) groups excluding carboxylic acids is 2. The second-order valence-corrected chi connectivity index (χ2v) is 5.41. The number of rotatable bonds is 5. The molecule has 2 amide bonds. The molecule has 1 atom stereocenters. The van der Waals surface area contributed by atoms with E-state index < -0.39 is 36.3 Å². The van der Waals surface area contributed by atoms with Gasteiger partial charge in [-0.3, -0.25) is 9.59 Å². The first-order chi connectivity index (χ1) is 11.1. The second-order valence-electron chi connectivity index (χ2n) is 5.41. The lowest BCUT2D eigenvalue weighted by Crippen LogP contribution is -2.49. The van der Waals surface area contributed by atoms with Crippen molar-refractivity contribution in [3.8, 4) is 0 Å². The van der Waals surface area contributed by atoms with Crippen molar-refractivity contribution in [2.45, 2.75) is 25.1 Å². The van der Waals surface area contributed by atoms with Gasteiger partial charge in [0.05, 0.1) is 12.8 Å². The molecule has 24 heavy (non-hydrogen) atoms. The summed E-state index contributed by atoms with van der Waals surface area (Å²) in [7, 11) is 0.957. The molecule has 0 bridgehead atoms. The van der Waals surface area contributed by atoms with Gasteiger partial charge in [-0.25, -0.2) is 4.39 Å². The highest BCUT2D eigenvalue weighted by atomic mass is 19.4. The zero-order valence-corrected chi connectivity index (χ0v) is 12.7. The summed E-state index contributed by atoms with van der Waals surface area (Å²) in [5.41, 5.74) is 5.76. The van der Waals surface area contributed by atoms with Gasteiger partial charge >= 0.3 is 6.18 Å². The van der Waals surface area contributed by atoms with E-state index >= 15 is 0 Å². The maximum absolute atomic E-state index is 13.3. The summed E-state index contributed by atoms with van der Waals surface area (Å²) in [6.45, 7) is 0. The Kier molecular flexibility index (Phi) is 4.81. The van der Waals surface area contributed by atoms with E-state index in [1.54, 1.807) is 0 Å². The third-order valence-electron chi connectivity index (χ3n) is 3.70. The van der Waals surface area contributed by atoms with Gasteiger partial charge in [0.25, 0.3) is 0 Å². The molecule has 5 nitrogen and oxygen atoms in total. The van der Waals surface area contributed by atoms with Crippen LogP contribution < -0.4 is 5.73 Å². The number of nitrogens with one attached hydrogen (secondary N) is 1. The van der Waals surface area contributed by atoms with E-state index in [4.69, 9.17) is 5.73 Å². The molecule has 0 spiro atoms. The average molecular weight is 345 g/mol. The van der Waals surface area contributed by atoms with Crippen LogP contribution in [0.5, 0.6) is 0 Å². The third-order valence-corrected chi connectivity index (χ3v) is 3.70. The maximum Gasteiger partial charge on any atom is 0.409 e. The lowest BCUT2D eigenvalue weighted by atomic mass is 10.1. The molecular formula is C15H15F4N3O2. The van der Waals surface area contributed by atoms with Crippen LogP contribution in [0.4, 0.5) is 17.6 Å². The lowest BCUT2D eigenvalue weighted by molar-refractivity contribution is -0.188. The highest BCUT2D eigenvalue weighted by Crippen LogP contribution is 2.27. The number of benzene rings is 1. The number of primary amides is 1. The van der Waals surface area contributed by atoms with Crippen molar-refractivity contribution in [2.24, 2.45) is 5.73 Å². The zero-order valence-electron chi connectivity index (χ0n) is 12.7. The van der Waals surface area contributed by atoms with Gasteiger partial charge in [-0.05, 0) is 23.8 Å². The van der Waals surface area contributed by atoms with Crippen molar-refractivity contribution in [3.05, 3.63) is 35.8 Å². The van der Waals surface area contributed by atoms with Gasteiger partial charge in [0, 0.05) is 24.1 Å². The average Bonchev–Trinajstić information content (AvgIpc) is 2.85. The third kappa shape index (κ3) is 3.84. The molecule has 2 rings (SSSR count). The molecule has 0 aliphatic heterocycles. The summed E-state index contributed by atoms with van der Waals surface area (Å²) in [4.78, 5) is 26.3. The van der Waals surface area contributed by atoms with Crippen LogP contribution in [0.25, 0.3) is 10.9 Å². The van der Waals surface area contributed by atoms with E-state index in [1.807, 2.05) is 0 Å². The zero-order chi connectivity index (χ0) is 18.1. The van der Waals surface area contributed by atoms with E-state index in [1.165, 1.54) is 24.4 Å². The van der Waals surface area contributed by atoms with Crippen molar-refractivity contribution in [1.29, 1.82) is 0 Å². The standard InChI is InChI=1S/C15H15F4N3O2/c1-22(12(6-13(20)23)15(17,18)19)14(24)4-8-7-21-11-3-2-9(16)5-10(8)11/h2-3,5,7,12,21H,4,6H2,1H3,(H2,20,23). The van der Waals surface area contributed by atoms with Gasteiger partial charge in [0.15, 0.2) is 0 Å². The number of hydrogen-bond donors (Lipinski definition) is 2. The fraction of sp³-hybridized carbons (Fsp3) is 0.333. The number of carbonyl (C=O) groups is 2. The molecule has 0 aliphatic carbocycles.